The van der Waals surface area contributed by atoms with Gasteiger partial charge in [0, 0.05) is 18.6 Å². The van der Waals surface area contributed by atoms with E-state index in [1.807, 2.05) is 6.92 Å². The first kappa shape index (κ1) is 17.5. The molecule has 1 atom stereocenters. The molecule has 2 rings (SSSR count). The highest BCUT2D eigenvalue weighted by Gasteiger charge is 2.25. The average Bonchev–Trinajstić information content (AvgIpc) is 2.47. The summed E-state index contributed by atoms with van der Waals surface area (Å²) >= 11 is 0. The molecule has 0 saturated carbocycles. The number of benzene rings is 2. The molecule has 0 aliphatic rings. The van der Waals surface area contributed by atoms with Crippen molar-refractivity contribution in [2.45, 2.75) is 19.4 Å². The van der Waals surface area contributed by atoms with Crippen LogP contribution in [0.3, 0.4) is 0 Å². The summed E-state index contributed by atoms with van der Waals surface area (Å²) in [5, 5.41) is 11.3. The minimum Gasteiger partial charge on any atom is -0.480 e. The first-order valence-corrected chi connectivity index (χ1v) is 7.01. The van der Waals surface area contributed by atoms with Crippen LogP contribution in [-0.2, 0) is 11.2 Å². The van der Waals surface area contributed by atoms with E-state index in [1.54, 1.807) is 24.3 Å². The van der Waals surface area contributed by atoms with Crippen LogP contribution in [0.1, 0.15) is 21.5 Å². The van der Waals surface area contributed by atoms with Crippen LogP contribution in [0, 0.1) is 24.4 Å². The van der Waals surface area contributed by atoms with E-state index in [0.29, 0.717) is 17.7 Å². The summed E-state index contributed by atoms with van der Waals surface area (Å²) < 4.78 is 40.1. The number of amides is 1. The van der Waals surface area contributed by atoms with Crippen molar-refractivity contribution in [1.82, 2.24) is 5.32 Å². The van der Waals surface area contributed by atoms with Gasteiger partial charge in [-0.05, 0) is 12.5 Å². The number of carboxylic acid groups (broad SMARTS) is 1. The van der Waals surface area contributed by atoms with Crippen LogP contribution in [0.2, 0.25) is 0 Å². The number of carboxylic acids is 1. The average molecular weight is 337 g/mol. The van der Waals surface area contributed by atoms with Crippen molar-refractivity contribution in [1.29, 1.82) is 0 Å². The fourth-order valence-electron chi connectivity index (χ4n) is 2.15. The van der Waals surface area contributed by atoms with E-state index in [2.05, 4.69) is 5.32 Å². The molecule has 4 nitrogen and oxygen atoms in total. The molecule has 0 aromatic heterocycles. The molecule has 24 heavy (non-hydrogen) atoms. The van der Waals surface area contributed by atoms with Crippen LogP contribution < -0.4 is 5.32 Å². The zero-order chi connectivity index (χ0) is 17.9. The Morgan fingerprint density at radius 2 is 1.62 bits per heavy atom. The Labute approximate surface area is 135 Å². The van der Waals surface area contributed by atoms with Crippen molar-refractivity contribution in [2.75, 3.05) is 0 Å². The Balaban J connectivity index is 2.20. The Hall–Kier alpha value is -2.83. The fourth-order valence-corrected chi connectivity index (χ4v) is 2.15. The van der Waals surface area contributed by atoms with Crippen molar-refractivity contribution >= 4 is 11.9 Å². The van der Waals surface area contributed by atoms with Crippen LogP contribution in [0.4, 0.5) is 13.2 Å². The molecule has 0 spiro atoms. The normalized spacial score (nSPS) is 11.8. The first-order valence-electron chi connectivity index (χ1n) is 7.01. The minimum atomic E-state index is -1.40. The molecule has 0 bridgehead atoms. The molecule has 7 heteroatoms. The number of aryl methyl sites for hydroxylation is 1. The zero-order valence-corrected chi connectivity index (χ0v) is 12.6. The lowest BCUT2D eigenvalue weighted by atomic mass is 10.0. The number of rotatable bonds is 5. The first-order chi connectivity index (χ1) is 11.3. The number of aliphatic carboxylic acids is 1. The van der Waals surface area contributed by atoms with Crippen LogP contribution in [0.5, 0.6) is 0 Å². The third-order valence-electron chi connectivity index (χ3n) is 3.40. The monoisotopic (exact) mass is 337 g/mol. The van der Waals surface area contributed by atoms with Gasteiger partial charge in [-0.25, -0.2) is 18.0 Å². The number of carbonyl (C=O) groups is 2. The van der Waals surface area contributed by atoms with Gasteiger partial charge in [0.2, 0.25) is 0 Å². The summed E-state index contributed by atoms with van der Waals surface area (Å²) in [6.45, 7) is 1.86. The van der Waals surface area contributed by atoms with E-state index >= 15 is 0 Å². The third-order valence-corrected chi connectivity index (χ3v) is 3.40. The lowest BCUT2D eigenvalue weighted by molar-refractivity contribution is -0.139. The topological polar surface area (TPSA) is 66.4 Å². The van der Waals surface area contributed by atoms with Crippen LogP contribution in [-0.4, -0.2) is 23.0 Å². The molecular weight excluding hydrogens is 323 g/mol. The molecular formula is C17H14F3NO3. The lowest BCUT2D eigenvalue weighted by Gasteiger charge is -2.15. The highest BCUT2D eigenvalue weighted by atomic mass is 19.1. The molecule has 0 fully saturated rings. The summed E-state index contributed by atoms with van der Waals surface area (Å²) in [4.78, 5) is 23.3. The van der Waals surface area contributed by atoms with Crippen molar-refractivity contribution < 1.29 is 27.9 Å². The van der Waals surface area contributed by atoms with E-state index in [4.69, 9.17) is 0 Å². The second kappa shape index (κ2) is 7.16. The highest BCUT2D eigenvalue weighted by molar-refractivity contribution is 5.97. The molecule has 0 unspecified atom stereocenters. The minimum absolute atomic E-state index is 0.0637. The van der Waals surface area contributed by atoms with Crippen molar-refractivity contribution in [2.24, 2.45) is 0 Å². The van der Waals surface area contributed by atoms with Gasteiger partial charge in [-0.15, -0.1) is 0 Å². The van der Waals surface area contributed by atoms with E-state index in [0.717, 1.165) is 5.56 Å². The van der Waals surface area contributed by atoms with E-state index in [1.165, 1.54) is 0 Å². The van der Waals surface area contributed by atoms with Gasteiger partial charge in [-0.1, -0.05) is 29.8 Å². The summed E-state index contributed by atoms with van der Waals surface area (Å²) in [5.74, 6) is -6.58. The summed E-state index contributed by atoms with van der Waals surface area (Å²) in [7, 11) is 0. The molecule has 126 valence electrons. The summed E-state index contributed by atoms with van der Waals surface area (Å²) in [6.07, 6.45) is -0.0637. The Kier molecular flexibility index (Phi) is 5.23. The second-order valence-electron chi connectivity index (χ2n) is 5.30. The SMILES string of the molecule is Cc1ccc(C[C@@H](NC(=O)c2c(F)cc(F)cc2F)C(=O)O)cc1. The van der Waals surface area contributed by atoms with E-state index < -0.39 is 40.9 Å². The number of hydrogen-bond donors (Lipinski definition) is 2. The molecule has 2 aromatic rings. The van der Waals surface area contributed by atoms with Crippen LogP contribution in [0.25, 0.3) is 0 Å². The highest BCUT2D eigenvalue weighted by Crippen LogP contribution is 2.15. The van der Waals surface area contributed by atoms with Gasteiger partial charge < -0.3 is 10.4 Å². The maximum Gasteiger partial charge on any atom is 0.326 e. The maximum atomic E-state index is 13.6. The summed E-state index contributed by atoms with van der Waals surface area (Å²) in [6, 6.07) is 6.25. The Bertz CT molecular complexity index is 752. The Morgan fingerprint density at radius 3 is 2.12 bits per heavy atom. The molecule has 0 saturated heterocycles. The van der Waals surface area contributed by atoms with Gasteiger partial charge in [0.25, 0.3) is 5.91 Å². The smallest absolute Gasteiger partial charge is 0.326 e. The predicted molar refractivity (Wildman–Crippen MR) is 80.1 cm³/mol. The van der Waals surface area contributed by atoms with Crippen molar-refractivity contribution in [3.63, 3.8) is 0 Å². The van der Waals surface area contributed by atoms with E-state index in [9.17, 15) is 27.9 Å². The number of nitrogens with one attached hydrogen (secondary N) is 1. The number of hydrogen-bond acceptors (Lipinski definition) is 2. The quantitative estimate of drug-likeness (QED) is 0.882. The van der Waals surface area contributed by atoms with Gasteiger partial charge in [-0.2, -0.15) is 0 Å². The zero-order valence-electron chi connectivity index (χ0n) is 12.6. The van der Waals surface area contributed by atoms with Crippen LogP contribution in [0.15, 0.2) is 36.4 Å². The third kappa shape index (κ3) is 4.13. The predicted octanol–water partition coefficient (Wildman–Crippen LogP) is 2.84. The second-order valence-corrected chi connectivity index (χ2v) is 5.30. The Morgan fingerprint density at radius 1 is 1.08 bits per heavy atom. The molecule has 0 aliphatic carbocycles. The molecule has 2 aromatic carbocycles. The molecule has 0 aliphatic heterocycles. The standard InChI is InChI=1S/C17H14F3NO3/c1-9-2-4-10(5-3-9)6-14(17(23)24)21-16(22)15-12(19)7-11(18)8-13(15)20/h2-5,7-8,14H,6H2,1H3,(H,21,22)(H,23,24)/t14-/m1/s1. The van der Waals surface area contributed by atoms with Gasteiger partial charge >= 0.3 is 5.97 Å². The molecule has 1 amide bonds. The molecule has 0 heterocycles. The fraction of sp³-hybridized carbons (Fsp3) is 0.176. The van der Waals surface area contributed by atoms with Crippen molar-refractivity contribution in [3.8, 4) is 0 Å². The summed E-state index contributed by atoms with van der Waals surface area (Å²) in [5.41, 5.74) is 0.588. The van der Waals surface area contributed by atoms with E-state index in [-0.39, 0.29) is 6.42 Å². The van der Waals surface area contributed by atoms with Gasteiger partial charge in [0.15, 0.2) is 0 Å². The largest absolute Gasteiger partial charge is 0.480 e. The lowest BCUT2D eigenvalue weighted by Crippen LogP contribution is -2.43. The maximum absolute atomic E-state index is 13.6. The number of carbonyl (C=O) groups excluding carboxylic acids is 1. The van der Waals surface area contributed by atoms with Gasteiger partial charge in [0.05, 0.1) is 0 Å². The molecule has 0 radical (unpaired) electrons. The van der Waals surface area contributed by atoms with Crippen LogP contribution >= 0.6 is 0 Å². The van der Waals surface area contributed by atoms with Gasteiger partial charge in [0.1, 0.15) is 29.1 Å². The number of halogens is 3. The van der Waals surface area contributed by atoms with Crippen molar-refractivity contribution in [3.05, 3.63) is 70.5 Å². The van der Waals surface area contributed by atoms with Gasteiger partial charge in [-0.3, -0.25) is 4.79 Å². The molecule has 2 N–H and O–H groups in total.